The number of aromatic nitrogens is 1. The van der Waals surface area contributed by atoms with Gasteiger partial charge in [0.05, 0.1) is 23.1 Å². The van der Waals surface area contributed by atoms with Gasteiger partial charge in [-0.3, -0.25) is 14.4 Å². The van der Waals surface area contributed by atoms with Crippen LogP contribution in [0.3, 0.4) is 0 Å². The van der Waals surface area contributed by atoms with Crippen LogP contribution in [-0.4, -0.2) is 99.8 Å². The Morgan fingerprint density at radius 1 is 0.958 bits per heavy atom. The van der Waals surface area contributed by atoms with Gasteiger partial charge in [0.15, 0.2) is 0 Å². The van der Waals surface area contributed by atoms with Crippen LogP contribution in [0.5, 0.6) is 0 Å². The van der Waals surface area contributed by atoms with E-state index >= 15 is 9.18 Å². The fraction of sp³-hybridized carbons (Fsp3) is 0.632. The summed E-state index contributed by atoms with van der Waals surface area (Å²) in [5.41, 5.74) is -1.26. The molecule has 14 heteroatoms. The van der Waals surface area contributed by atoms with Crippen LogP contribution in [0.2, 0.25) is 0 Å². The zero-order valence-electron chi connectivity index (χ0n) is 42.3. The third-order valence-electron chi connectivity index (χ3n) is 19.4. The van der Waals surface area contributed by atoms with E-state index < -0.39 is 69.8 Å². The van der Waals surface area contributed by atoms with Crippen molar-refractivity contribution in [3.63, 3.8) is 0 Å². The topological polar surface area (TPSA) is 145 Å². The first kappa shape index (κ1) is 50.0. The molecular formula is C57H72FN3O9S. The molecule has 1 N–H and O–H groups in total. The first-order chi connectivity index (χ1) is 33.9. The van der Waals surface area contributed by atoms with Crippen LogP contribution in [-0.2, 0) is 35.0 Å². The van der Waals surface area contributed by atoms with Gasteiger partial charge in [-0.25, -0.2) is 14.0 Å². The molecule has 5 heterocycles. The lowest BCUT2D eigenvalue weighted by Gasteiger charge is -2.62. The van der Waals surface area contributed by atoms with Crippen molar-refractivity contribution in [2.45, 2.75) is 166 Å². The highest BCUT2D eigenvalue weighted by molar-refractivity contribution is 8.00. The molecule has 7 aliphatic rings. The lowest BCUT2D eigenvalue weighted by atomic mass is 9.44. The van der Waals surface area contributed by atoms with Crippen molar-refractivity contribution in [1.29, 1.82) is 0 Å². The summed E-state index contributed by atoms with van der Waals surface area (Å²) >= 11 is 1.68. The SMILES string of the molecule is C=C[C@@]1(C)C[C@H](OC(=O)CSC2CC3CCC(C2)N3C)[C@@]2(C)C(C)CCC3(CCC(=O)C32)[C@H](C)[C@H]1OC(=O)C(OC(=O)c1cn2c3c(c(N4CCC(O)CC4)c(F)cc3c1=O)CCC2C)c1ccccc1. The summed E-state index contributed by atoms with van der Waals surface area (Å²) < 4.78 is 37.8. The number of carbonyl (C=O) groups excluding carboxylic acids is 4. The minimum atomic E-state index is -1.61. The van der Waals surface area contributed by atoms with Gasteiger partial charge in [0.1, 0.15) is 29.4 Å². The van der Waals surface area contributed by atoms with E-state index in [0.29, 0.717) is 91.3 Å². The van der Waals surface area contributed by atoms with E-state index in [1.54, 1.807) is 48.2 Å². The molecule has 3 saturated heterocycles. The number of nitrogens with zero attached hydrogens (tertiary/aromatic N) is 3. The quantitative estimate of drug-likeness (QED) is 0.111. The largest absolute Gasteiger partial charge is 0.461 e. The molecule has 3 saturated carbocycles. The fourth-order valence-corrected chi connectivity index (χ4v) is 16.2. The zero-order valence-corrected chi connectivity index (χ0v) is 43.1. The number of hydrogen-bond acceptors (Lipinski definition) is 12. The molecule has 7 unspecified atom stereocenters. The van der Waals surface area contributed by atoms with Crippen molar-refractivity contribution < 1.29 is 42.9 Å². The number of carbonyl (C=O) groups is 4. The van der Waals surface area contributed by atoms with Gasteiger partial charge in [0.25, 0.3) is 0 Å². The van der Waals surface area contributed by atoms with Gasteiger partial charge in [-0.2, -0.15) is 0 Å². The standard InChI is InChI=1S/C57H72FN3O9S/c1-8-55(5)29-45(68-46(64)31-71-39-26-36-15-16-37(27-39)59(36)7)56(6)32(2)18-22-57(23-19-44(63)51(56)57)34(4)52(55)70-54(67)50(35-12-10-9-11-13-35)69-53(66)42-30-61-33(3)14-17-40-47(61)41(49(42)65)28-43(58)48(40)60-24-20-38(62)21-25-60/h8-13,28,30,32-34,36-39,45,50-52,62H,1,14-27,29,31H2,2-7H3/t32?,33?,34-,36?,37?,39?,45+,50?,51?,52-,55+,56-,57?/m1/s1. The Kier molecular flexibility index (Phi) is 13.4. The van der Waals surface area contributed by atoms with E-state index in [1.807, 2.05) is 23.3 Å². The summed E-state index contributed by atoms with van der Waals surface area (Å²) in [5.74, 6) is -3.15. The van der Waals surface area contributed by atoms with Gasteiger partial charge < -0.3 is 33.7 Å². The van der Waals surface area contributed by atoms with Gasteiger partial charge in [0, 0.05) is 88.3 Å². The molecule has 6 fully saturated rings. The normalized spacial score (nSPS) is 35.3. The number of ether oxygens (including phenoxy) is 3. The van der Waals surface area contributed by atoms with Crippen LogP contribution in [0.1, 0.15) is 145 Å². The van der Waals surface area contributed by atoms with Gasteiger partial charge in [-0.05, 0) is 108 Å². The number of aryl methyl sites for hydroxylation is 1. The van der Waals surface area contributed by atoms with Crippen molar-refractivity contribution in [2.24, 2.45) is 34.0 Å². The Morgan fingerprint density at radius 3 is 2.35 bits per heavy atom. The lowest BCUT2D eigenvalue weighted by Crippen LogP contribution is -2.63. The number of hydrogen-bond donors (Lipinski definition) is 1. The van der Waals surface area contributed by atoms with E-state index in [1.165, 1.54) is 25.1 Å². The summed E-state index contributed by atoms with van der Waals surface area (Å²) in [6.07, 6.45) is 9.09. The van der Waals surface area contributed by atoms with Crippen LogP contribution in [0.25, 0.3) is 10.9 Å². The maximum absolute atomic E-state index is 16.3. The minimum Gasteiger partial charge on any atom is -0.461 e. The molecule has 382 valence electrons. The average Bonchev–Trinajstić information content (AvgIpc) is 3.79. The van der Waals surface area contributed by atoms with Crippen molar-refractivity contribution >= 4 is 52.0 Å². The highest BCUT2D eigenvalue weighted by atomic mass is 32.2. The first-order valence-corrected chi connectivity index (χ1v) is 27.4. The van der Waals surface area contributed by atoms with Gasteiger partial charge >= 0.3 is 17.9 Å². The number of halogens is 1. The second-order valence-electron chi connectivity index (χ2n) is 23.1. The lowest BCUT2D eigenvalue weighted by molar-refractivity contribution is -0.215. The molecule has 2 aromatic carbocycles. The number of esters is 3. The van der Waals surface area contributed by atoms with Crippen LogP contribution in [0.15, 0.2) is 60.0 Å². The van der Waals surface area contributed by atoms with E-state index in [-0.39, 0.29) is 52.8 Å². The maximum Gasteiger partial charge on any atom is 0.352 e. The number of piperidine rings is 2. The Balaban J connectivity index is 0.966. The number of rotatable bonds is 11. The molecule has 4 bridgehead atoms. The number of benzene rings is 2. The Morgan fingerprint density at radius 2 is 1.66 bits per heavy atom. The number of Topliss-reactive ketones (excluding diaryl/α,β-unsaturated/α-hetero) is 1. The third-order valence-corrected chi connectivity index (χ3v) is 20.7. The molecule has 0 spiro atoms. The van der Waals surface area contributed by atoms with E-state index in [9.17, 15) is 24.3 Å². The highest BCUT2D eigenvalue weighted by Gasteiger charge is 2.69. The molecule has 10 rings (SSSR count). The van der Waals surface area contributed by atoms with Gasteiger partial charge in [-0.1, -0.05) is 64.1 Å². The number of fused-ring (bicyclic) bond motifs is 2. The Hall–Kier alpha value is -4.53. The van der Waals surface area contributed by atoms with Gasteiger partial charge in [-0.15, -0.1) is 18.3 Å². The smallest absolute Gasteiger partial charge is 0.352 e. The third kappa shape index (κ3) is 8.47. The summed E-state index contributed by atoms with van der Waals surface area (Å²) in [6.45, 7) is 15.6. The molecule has 1 aromatic heterocycles. The van der Waals surface area contributed by atoms with E-state index in [2.05, 4.69) is 39.3 Å². The van der Waals surface area contributed by atoms with Crippen LogP contribution in [0, 0.1) is 39.8 Å². The number of aliphatic hydroxyl groups is 1. The average molecular weight is 994 g/mol. The van der Waals surface area contributed by atoms with Crippen molar-refractivity contribution in [3.8, 4) is 0 Å². The van der Waals surface area contributed by atoms with Crippen LogP contribution in [0.4, 0.5) is 10.1 Å². The minimum absolute atomic E-state index is 0.0551. The monoisotopic (exact) mass is 993 g/mol. The molecule has 12 atom stereocenters. The number of aliphatic hydroxyl groups excluding tert-OH is 1. The molecular weight excluding hydrogens is 922 g/mol. The predicted molar refractivity (Wildman–Crippen MR) is 272 cm³/mol. The number of ketones is 1. The number of anilines is 1. The molecule has 0 amide bonds. The summed E-state index contributed by atoms with van der Waals surface area (Å²) in [6, 6.07) is 10.7. The second kappa shape index (κ2) is 19.1. The van der Waals surface area contributed by atoms with Crippen molar-refractivity contribution in [1.82, 2.24) is 9.47 Å². The summed E-state index contributed by atoms with van der Waals surface area (Å²) in [5, 5.41) is 10.6. The second-order valence-corrected chi connectivity index (χ2v) is 24.4. The zero-order chi connectivity index (χ0) is 50.3. The first-order valence-electron chi connectivity index (χ1n) is 26.4. The molecule has 71 heavy (non-hydrogen) atoms. The fourth-order valence-electron chi connectivity index (χ4n) is 15.0. The number of thioether (sulfide) groups is 1. The maximum atomic E-state index is 16.3. The molecule has 4 aliphatic heterocycles. The van der Waals surface area contributed by atoms with Crippen molar-refractivity contribution in [2.75, 3.05) is 30.8 Å². The summed E-state index contributed by atoms with van der Waals surface area (Å²) in [4.78, 5) is 77.4. The van der Waals surface area contributed by atoms with E-state index in [0.717, 1.165) is 25.7 Å². The van der Waals surface area contributed by atoms with Crippen molar-refractivity contribution in [3.05, 3.63) is 88.0 Å². The highest BCUT2D eigenvalue weighted by Crippen LogP contribution is 2.68. The molecule has 3 aliphatic carbocycles. The molecule has 3 aromatic rings. The Bertz CT molecular complexity index is 2660. The number of pyridine rings is 1. The van der Waals surface area contributed by atoms with Gasteiger partial charge in [0.2, 0.25) is 11.5 Å². The molecule has 0 radical (unpaired) electrons. The van der Waals surface area contributed by atoms with E-state index in [4.69, 9.17) is 14.2 Å². The van der Waals surface area contributed by atoms with Crippen LogP contribution >= 0.6 is 11.8 Å². The summed E-state index contributed by atoms with van der Waals surface area (Å²) in [7, 11) is 2.21. The van der Waals surface area contributed by atoms with Crippen LogP contribution < -0.4 is 10.3 Å². The Labute approximate surface area is 421 Å². The molecule has 12 nitrogen and oxygen atoms in total. The predicted octanol–water partition coefficient (Wildman–Crippen LogP) is 9.32.